The Morgan fingerprint density at radius 3 is 2.67 bits per heavy atom. The zero-order valence-electron chi connectivity index (χ0n) is 10.7. The van der Waals surface area contributed by atoms with Crippen LogP contribution in [-0.2, 0) is 4.79 Å². The Kier molecular flexibility index (Phi) is 3.27. The van der Waals surface area contributed by atoms with Gasteiger partial charge in [-0.3, -0.25) is 9.59 Å². The number of aliphatic hydroxyl groups is 1. The fourth-order valence-corrected chi connectivity index (χ4v) is 2.50. The molecule has 3 rings (SSSR count). The van der Waals surface area contributed by atoms with Gasteiger partial charge in [-0.15, -0.1) is 0 Å². The van der Waals surface area contributed by atoms with Gasteiger partial charge in [-0.1, -0.05) is 29.8 Å². The van der Waals surface area contributed by atoms with E-state index < -0.39 is 23.5 Å². The number of aliphatic hydroxyl groups excluding tert-OH is 1. The predicted molar refractivity (Wildman–Crippen MR) is 75.0 cm³/mol. The van der Waals surface area contributed by atoms with Gasteiger partial charge in [0.2, 0.25) is 5.78 Å². The first kappa shape index (κ1) is 13.5. The number of rotatable bonds is 3. The minimum Gasteiger partial charge on any atom is -0.503 e. The van der Waals surface area contributed by atoms with Crippen LogP contribution in [-0.4, -0.2) is 16.8 Å². The molecule has 0 bridgehead atoms. The van der Waals surface area contributed by atoms with E-state index in [4.69, 9.17) is 16.0 Å². The fourth-order valence-electron chi connectivity index (χ4n) is 2.25. The van der Waals surface area contributed by atoms with Crippen LogP contribution < -0.4 is 5.32 Å². The van der Waals surface area contributed by atoms with Crippen LogP contribution in [0.1, 0.15) is 22.2 Å². The third-order valence-electron chi connectivity index (χ3n) is 3.24. The summed E-state index contributed by atoms with van der Waals surface area (Å²) in [4.78, 5) is 24.1. The van der Waals surface area contributed by atoms with Gasteiger partial charge in [-0.05, 0) is 23.8 Å². The first-order valence-corrected chi connectivity index (χ1v) is 6.54. The molecule has 1 aromatic heterocycles. The summed E-state index contributed by atoms with van der Waals surface area (Å²) in [6.45, 7) is 0. The van der Waals surface area contributed by atoms with Crippen LogP contribution in [0.2, 0.25) is 5.02 Å². The van der Waals surface area contributed by atoms with Gasteiger partial charge < -0.3 is 14.8 Å². The van der Waals surface area contributed by atoms with Crippen molar-refractivity contribution >= 4 is 23.3 Å². The van der Waals surface area contributed by atoms with Gasteiger partial charge in [0.15, 0.2) is 11.5 Å². The average Bonchev–Trinajstić information content (AvgIpc) is 3.09. The van der Waals surface area contributed by atoms with Crippen molar-refractivity contribution in [3.05, 3.63) is 70.3 Å². The monoisotopic (exact) mass is 303 g/mol. The molecular weight excluding hydrogens is 294 g/mol. The van der Waals surface area contributed by atoms with Crippen molar-refractivity contribution in [1.82, 2.24) is 5.32 Å². The highest BCUT2D eigenvalue weighted by Gasteiger charge is 2.39. The lowest BCUT2D eigenvalue weighted by Gasteiger charge is -2.15. The van der Waals surface area contributed by atoms with Gasteiger partial charge in [0.1, 0.15) is 0 Å². The van der Waals surface area contributed by atoms with E-state index in [2.05, 4.69) is 5.32 Å². The van der Waals surface area contributed by atoms with E-state index in [9.17, 15) is 14.7 Å². The Hall–Kier alpha value is -2.53. The first-order valence-electron chi connectivity index (χ1n) is 6.16. The number of ketones is 1. The van der Waals surface area contributed by atoms with E-state index in [-0.39, 0.29) is 11.3 Å². The maximum absolute atomic E-state index is 12.4. The van der Waals surface area contributed by atoms with Crippen LogP contribution in [0.15, 0.2) is 58.4 Å². The molecule has 0 radical (unpaired) electrons. The van der Waals surface area contributed by atoms with Crippen molar-refractivity contribution < 1.29 is 19.1 Å². The molecular formula is C15H10ClNO4. The Bertz CT molecular complexity index is 749. The van der Waals surface area contributed by atoms with Gasteiger partial charge >= 0.3 is 0 Å². The number of nitrogens with one attached hydrogen (secondary N) is 1. The summed E-state index contributed by atoms with van der Waals surface area (Å²) in [5, 5.41) is 12.8. The average molecular weight is 304 g/mol. The molecule has 2 aromatic rings. The number of hydrogen-bond donors (Lipinski definition) is 2. The molecule has 1 aliphatic rings. The van der Waals surface area contributed by atoms with Crippen LogP contribution in [0.3, 0.4) is 0 Å². The molecule has 0 saturated heterocycles. The van der Waals surface area contributed by atoms with Crippen molar-refractivity contribution in [3.8, 4) is 0 Å². The van der Waals surface area contributed by atoms with E-state index in [0.29, 0.717) is 10.6 Å². The topological polar surface area (TPSA) is 79.5 Å². The third-order valence-corrected chi connectivity index (χ3v) is 3.58. The van der Waals surface area contributed by atoms with Crippen LogP contribution in [0.5, 0.6) is 0 Å². The molecule has 0 unspecified atom stereocenters. The highest BCUT2D eigenvalue weighted by Crippen LogP contribution is 2.35. The highest BCUT2D eigenvalue weighted by molar-refractivity contribution is 6.31. The minimum atomic E-state index is -0.802. The summed E-state index contributed by atoms with van der Waals surface area (Å²) in [5.74, 6) is -1.83. The van der Waals surface area contributed by atoms with Gasteiger partial charge in [0.25, 0.3) is 5.91 Å². The Labute approximate surface area is 124 Å². The lowest BCUT2D eigenvalue weighted by Crippen LogP contribution is -2.23. The number of Topliss-reactive ketones (excluding diaryl/α,β-unsaturated/α-hetero) is 1. The number of amides is 1. The largest absolute Gasteiger partial charge is 0.503 e. The first-order chi connectivity index (χ1) is 10.1. The van der Waals surface area contributed by atoms with E-state index in [1.807, 2.05) is 0 Å². The highest BCUT2D eigenvalue weighted by atomic mass is 35.5. The lowest BCUT2D eigenvalue weighted by molar-refractivity contribution is -0.119. The molecule has 0 aliphatic carbocycles. The zero-order chi connectivity index (χ0) is 15.0. The SMILES string of the molecule is O=C1N[C@H](c2ccccc2Cl)C(C(=O)c2ccco2)=C1O. The van der Waals surface area contributed by atoms with Gasteiger partial charge in [0, 0.05) is 5.02 Å². The maximum Gasteiger partial charge on any atom is 0.287 e. The number of halogens is 1. The normalized spacial score (nSPS) is 18.0. The molecule has 0 spiro atoms. The third kappa shape index (κ3) is 2.21. The van der Waals surface area contributed by atoms with Gasteiger partial charge in [-0.2, -0.15) is 0 Å². The fraction of sp³-hybridized carbons (Fsp3) is 0.0667. The second-order valence-electron chi connectivity index (χ2n) is 4.50. The summed E-state index contributed by atoms with van der Waals surface area (Å²) in [7, 11) is 0. The summed E-state index contributed by atoms with van der Waals surface area (Å²) in [5.41, 5.74) is 0.467. The molecule has 1 aliphatic heterocycles. The van der Waals surface area contributed by atoms with Crippen molar-refractivity contribution in [2.24, 2.45) is 0 Å². The zero-order valence-corrected chi connectivity index (χ0v) is 11.4. The predicted octanol–water partition coefficient (Wildman–Crippen LogP) is 2.80. The molecule has 2 heterocycles. The molecule has 1 atom stereocenters. The number of hydrogen-bond acceptors (Lipinski definition) is 4. The van der Waals surface area contributed by atoms with Crippen molar-refractivity contribution in [1.29, 1.82) is 0 Å². The summed E-state index contributed by atoms with van der Waals surface area (Å²) >= 11 is 6.10. The number of carbonyl (C=O) groups is 2. The summed E-state index contributed by atoms with van der Waals surface area (Å²) in [6, 6.07) is 9.02. The molecule has 0 fully saturated rings. The smallest absolute Gasteiger partial charge is 0.287 e. The van der Waals surface area contributed by atoms with Gasteiger partial charge in [0.05, 0.1) is 17.9 Å². The van der Waals surface area contributed by atoms with Crippen molar-refractivity contribution in [2.45, 2.75) is 6.04 Å². The molecule has 1 amide bonds. The maximum atomic E-state index is 12.4. The Balaban J connectivity index is 2.08. The lowest BCUT2D eigenvalue weighted by atomic mass is 9.96. The van der Waals surface area contributed by atoms with Gasteiger partial charge in [-0.25, -0.2) is 0 Å². The number of benzene rings is 1. The van der Waals surface area contributed by atoms with Crippen LogP contribution in [0, 0.1) is 0 Å². The molecule has 0 saturated carbocycles. The molecule has 106 valence electrons. The van der Waals surface area contributed by atoms with Crippen molar-refractivity contribution in [3.63, 3.8) is 0 Å². The van der Waals surface area contributed by atoms with Crippen LogP contribution >= 0.6 is 11.6 Å². The van der Waals surface area contributed by atoms with Crippen molar-refractivity contribution in [2.75, 3.05) is 0 Å². The quantitative estimate of drug-likeness (QED) is 0.855. The van der Waals surface area contributed by atoms with Crippen LogP contribution in [0.25, 0.3) is 0 Å². The molecule has 5 nitrogen and oxygen atoms in total. The minimum absolute atomic E-state index is 0.0464. The number of furan rings is 1. The second kappa shape index (κ2) is 5.10. The second-order valence-corrected chi connectivity index (χ2v) is 4.90. The van der Waals surface area contributed by atoms with Crippen LogP contribution in [0.4, 0.5) is 0 Å². The molecule has 1 aromatic carbocycles. The van der Waals surface area contributed by atoms with E-state index in [1.54, 1.807) is 30.3 Å². The standard InChI is InChI=1S/C15H10ClNO4/c16-9-5-2-1-4-8(9)12-11(14(19)15(20)17-12)13(18)10-6-3-7-21-10/h1-7,12,19H,(H,17,20)/t12-/m1/s1. The number of carbonyl (C=O) groups excluding carboxylic acids is 2. The molecule has 2 N–H and O–H groups in total. The Morgan fingerprint density at radius 2 is 2.00 bits per heavy atom. The molecule has 21 heavy (non-hydrogen) atoms. The summed E-state index contributed by atoms with van der Waals surface area (Å²) < 4.78 is 5.04. The van der Waals surface area contributed by atoms with E-state index in [0.717, 1.165) is 0 Å². The Morgan fingerprint density at radius 1 is 1.24 bits per heavy atom. The molecule has 6 heteroatoms. The van der Waals surface area contributed by atoms with E-state index in [1.165, 1.54) is 12.3 Å². The summed E-state index contributed by atoms with van der Waals surface area (Å²) in [6.07, 6.45) is 1.35. The van der Waals surface area contributed by atoms with E-state index >= 15 is 0 Å².